The molecule has 4 heteroatoms. The highest BCUT2D eigenvalue weighted by atomic mass is 35.5. The molecule has 1 N–H and O–H groups in total. The number of hydrogen-bond acceptors (Lipinski definition) is 3. The van der Waals surface area contributed by atoms with Gasteiger partial charge in [0.2, 0.25) is 0 Å². The highest BCUT2D eigenvalue weighted by Crippen LogP contribution is 2.48. The molecule has 0 amide bonds. The van der Waals surface area contributed by atoms with Gasteiger partial charge in [-0.05, 0) is 50.2 Å². The molecular weight excluding hydrogens is 278 g/mol. The van der Waals surface area contributed by atoms with Crippen LogP contribution in [0.25, 0.3) is 0 Å². The Bertz CT molecular complexity index is 422. The van der Waals surface area contributed by atoms with E-state index in [2.05, 4.69) is 4.90 Å². The molecule has 0 bridgehead atoms. The van der Waals surface area contributed by atoms with Crippen LogP contribution in [0.3, 0.4) is 0 Å². The van der Waals surface area contributed by atoms with Crippen molar-refractivity contribution >= 4 is 22.9 Å². The summed E-state index contributed by atoms with van der Waals surface area (Å²) in [5.41, 5.74) is -0.0467. The normalized spacial score (nSPS) is 25.6. The van der Waals surface area contributed by atoms with Gasteiger partial charge in [-0.1, -0.05) is 30.9 Å². The van der Waals surface area contributed by atoms with Crippen LogP contribution in [-0.2, 0) is 0 Å². The number of hydrogen-bond donors (Lipinski definition) is 1. The van der Waals surface area contributed by atoms with Gasteiger partial charge < -0.3 is 5.11 Å². The van der Waals surface area contributed by atoms with Crippen LogP contribution in [0.2, 0.25) is 5.02 Å². The maximum Gasteiger partial charge on any atom is 0.108 e. The van der Waals surface area contributed by atoms with Crippen molar-refractivity contribution in [1.29, 1.82) is 0 Å². The van der Waals surface area contributed by atoms with Crippen LogP contribution < -0.4 is 0 Å². The lowest BCUT2D eigenvalue weighted by atomic mass is 9.85. The standard InChI is InChI=1S/C15H22ClNOS/c16-12-6-11-19-13(12)14(18)15(7-2-3-8-15)17-9-4-1-5-10-17/h6,11,14,18H,1-5,7-10H2. The monoisotopic (exact) mass is 299 g/mol. The molecule has 0 radical (unpaired) electrons. The second-order valence-corrected chi connectivity index (χ2v) is 7.25. The Morgan fingerprint density at radius 2 is 1.84 bits per heavy atom. The first-order valence-electron chi connectivity index (χ1n) is 7.40. The van der Waals surface area contributed by atoms with Crippen LogP contribution >= 0.6 is 22.9 Å². The highest BCUT2D eigenvalue weighted by Gasteiger charge is 2.47. The minimum atomic E-state index is -0.416. The fraction of sp³-hybridized carbons (Fsp3) is 0.733. The van der Waals surface area contributed by atoms with Crippen molar-refractivity contribution in [2.45, 2.75) is 56.6 Å². The molecule has 1 aliphatic carbocycles. The molecule has 1 aromatic rings. The smallest absolute Gasteiger partial charge is 0.108 e. The van der Waals surface area contributed by atoms with Gasteiger partial charge in [-0.25, -0.2) is 0 Å². The number of nitrogens with zero attached hydrogens (tertiary/aromatic N) is 1. The Kier molecular flexibility index (Phi) is 4.18. The van der Waals surface area contributed by atoms with E-state index in [4.69, 9.17) is 11.6 Å². The van der Waals surface area contributed by atoms with Gasteiger partial charge >= 0.3 is 0 Å². The van der Waals surface area contributed by atoms with Crippen molar-refractivity contribution in [3.63, 3.8) is 0 Å². The van der Waals surface area contributed by atoms with E-state index >= 15 is 0 Å². The van der Waals surface area contributed by atoms with Gasteiger partial charge in [0.1, 0.15) is 6.10 Å². The number of halogens is 1. The molecule has 2 nitrogen and oxygen atoms in total. The summed E-state index contributed by atoms with van der Waals surface area (Å²) in [5, 5.41) is 13.7. The van der Waals surface area contributed by atoms with Gasteiger partial charge in [0, 0.05) is 0 Å². The molecule has 1 aromatic heterocycles. The Labute approximate surface area is 124 Å². The fourth-order valence-electron chi connectivity index (χ4n) is 3.83. The van der Waals surface area contributed by atoms with E-state index in [-0.39, 0.29) is 5.54 Å². The Morgan fingerprint density at radius 3 is 2.42 bits per heavy atom. The molecule has 3 rings (SSSR count). The van der Waals surface area contributed by atoms with Gasteiger partial charge in [-0.3, -0.25) is 4.90 Å². The predicted octanol–water partition coefficient (Wildman–Crippen LogP) is 4.23. The first-order valence-corrected chi connectivity index (χ1v) is 8.66. The van der Waals surface area contributed by atoms with Gasteiger partial charge in [0.05, 0.1) is 15.4 Å². The van der Waals surface area contributed by atoms with Gasteiger partial charge in [-0.2, -0.15) is 0 Å². The van der Waals surface area contributed by atoms with Gasteiger partial charge in [0.15, 0.2) is 0 Å². The number of likely N-dealkylation sites (tertiary alicyclic amines) is 1. The molecule has 1 aliphatic heterocycles. The van der Waals surface area contributed by atoms with Crippen molar-refractivity contribution in [2.24, 2.45) is 0 Å². The summed E-state index contributed by atoms with van der Waals surface area (Å²) in [5.74, 6) is 0. The predicted molar refractivity (Wildman–Crippen MR) is 80.9 cm³/mol. The van der Waals surface area contributed by atoms with E-state index in [1.54, 1.807) is 11.3 Å². The lowest BCUT2D eigenvalue weighted by Crippen LogP contribution is -2.53. The zero-order valence-electron chi connectivity index (χ0n) is 11.3. The van der Waals surface area contributed by atoms with Crippen molar-refractivity contribution in [1.82, 2.24) is 4.90 Å². The number of aliphatic hydroxyl groups excluding tert-OH is 1. The lowest BCUT2D eigenvalue weighted by molar-refractivity contribution is -0.0387. The van der Waals surface area contributed by atoms with E-state index in [9.17, 15) is 5.11 Å². The number of rotatable bonds is 3. The van der Waals surface area contributed by atoms with Crippen molar-refractivity contribution in [3.05, 3.63) is 21.3 Å². The first kappa shape index (κ1) is 13.9. The number of piperidine rings is 1. The molecule has 2 aliphatic rings. The molecule has 1 saturated carbocycles. The first-order chi connectivity index (χ1) is 9.24. The topological polar surface area (TPSA) is 23.5 Å². The summed E-state index contributed by atoms with van der Waals surface area (Å²) in [7, 11) is 0. The quantitative estimate of drug-likeness (QED) is 0.902. The third kappa shape index (κ3) is 2.46. The Morgan fingerprint density at radius 1 is 1.16 bits per heavy atom. The van der Waals surface area contributed by atoms with Crippen LogP contribution in [0.5, 0.6) is 0 Å². The van der Waals surface area contributed by atoms with Crippen LogP contribution in [-0.4, -0.2) is 28.6 Å². The molecule has 1 atom stereocenters. The van der Waals surface area contributed by atoms with Crippen LogP contribution in [0, 0.1) is 0 Å². The van der Waals surface area contributed by atoms with E-state index in [1.165, 1.54) is 32.1 Å². The zero-order valence-corrected chi connectivity index (χ0v) is 12.8. The van der Waals surface area contributed by atoms with Gasteiger partial charge in [0.25, 0.3) is 0 Å². The summed E-state index contributed by atoms with van der Waals surface area (Å²) in [6.45, 7) is 2.28. The van der Waals surface area contributed by atoms with Crippen molar-refractivity contribution < 1.29 is 5.11 Å². The van der Waals surface area contributed by atoms with Crippen LogP contribution in [0.1, 0.15) is 55.9 Å². The summed E-state index contributed by atoms with van der Waals surface area (Å²) in [6.07, 6.45) is 8.15. The lowest BCUT2D eigenvalue weighted by Gasteiger charge is -2.46. The summed E-state index contributed by atoms with van der Waals surface area (Å²) >= 11 is 7.84. The molecule has 19 heavy (non-hydrogen) atoms. The third-order valence-electron chi connectivity index (χ3n) is 4.86. The maximum absolute atomic E-state index is 11.0. The third-order valence-corrected chi connectivity index (χ3v) is 6.27. The maximum atomic E-state index is 11.0. The SMILES string of the molecule is OC(c1sccc1Cl)C1(N2CCCCC2)CCCC1. The summed E-state index contributed by atoms with van der Waals surface area (Å²) in [6, 6.07) is 1.91. The second-order valence-electron chi connectivity index (χ2n) is 5.89. The van der Waals surface area contributed by atoms with Crippen LogP contribution in [0.15, 0.2) is 11.4 Å². The molecule has 0 spiro atoms. The van der Waals surface area contributed by atoms with Crippen molar-refractivity contribution in [3.8, 4) is 0 Å². The Balaban J connectivity index is 1.89. The second kappa shape index (κ2) is 5.72. The average molecular weight is 300 g/mol. The average Bonchev–Trinajstić information content (AvgIpc) is 3.08. The molecular formula is C15H22ClNOS. The minimum Gasteiger partial charge on any atom is -0.386 e. The van der Waals surface area contributed by atoms with Crippen LogP contribution in [0.4, 0.5) is 0 Å². The molecule has 1 saturated heterocycles. The molecule has 1 unspecified atom stereocenters. The van der Waals surface area contributed by atoms with E-state index in [0.29, 0.717) is 0 Å². The Hall–Kier alpha value is -0.0900. The molecule has 0 aromatic carbocycles. The van der Waals surface area contributed by atoms with E-state index in [1.807, 2.05) is 11.4 Å². The summed E-state index contributed by atoms with van der Waals surface area (Å²) < 4.78 is 0. The molecule has 2 fully saturated rings. The number of aliphatic hydroxyl groups is 1. The largest absolute Gasteiger partial charge is 0.386 e. The minimum absolute atomic E-state index is 0.0467. The molecule has 106 valence electrons. The van der Waals surface area contributed by atoms with E-state index < -0.39 is 6.10 Å². The highest BCUT2D eigenvalue weighted by molar-refractivity contribution is 7.10. The van der Waals surface area contributed by atoms with Crippen molar-refractivity contribution in [2.75, 3.05) is 13.1 Å². The van der Waals surface area contributed by atoms with Gasteiger partial charge in [-0.15, -0.1) is 11.3 Å². The zero-order chi connectivity index (χ0) is 13.3. The fourth-order valence-corrected chi connectivity index (χ4v) is 5.09. The van der Waals surface area contributed by atoms with E-state index in [0.717, 1.165) is 35.8 Å². The summed E-state index contributed by atoms with van der Waals surface area (Å²) in [4.78, 5) is 3.53. The molecule has 2 heterocycles. The number of thiophene rings is 1.